The highest BCUT2D eigenvalue weighted by molar-refractivity contribution is 8.66. The molecule has 0 N–H and O–H groups in total. The van der Waals surface area contributed by atoms with Crippen LogP contribution in [0.25, 0.3) is 0 Å². The minimum absolute atomic E-state index is 2.70. The Balaban J connectivity index is 6.26. The van der Waals surface area contributed by atoms with E-state index < -0.39 is 32.3 Å². The number of rotatable bonds is 3. The first-order valence-electron chi connectivity index (χ1n) is 3.43. The van der Waals surface area contributed by atoms with Gasteiger partial charge in [-0.15, -0.1) is 15.5 Å². The molecule has 0 unspecified atom stereocenters. The van der Waals surface area contributed by atoms with Crippen LogP contribution in [0, 0.1) is 0 Å². The molecule has 15 heteroatoms. The highest BCUT2D eigenvalue weighted by Crippen LogP contribution is 3.08. The molecule has 0 saturated carbocycles. The minimum atomic E-state index is -11.7. The SMILES string of the molecule is FC(F)(F)C(F)(F)C(F)(F)C(F)(F)S(F)(F)(F)(F)Cl. The topological polar surface area (TPSA) is 0 Å². The predicted octanol–water partition coefficient (Wildman–Crippen LogP) is 5.98. The zero-order chi connectivity index (χ0) is 16.4. The molecule has 0 fully saturated rings. The van der Waals surface area contributed by atoms with E-state index in [0.717, 1.165) is 0 Å². The van der Waals surface area contributed by atoms with Gasteiger partial charge in [-0.1, -0.05) is 0 Å². The molecule has 0 heterocycles. The first-order chi connectivity index (χ1) is 7.50. The lowest BCUT2D eigenvalue weighted by molar-refractivity contribution is -0.384. The van der Waals surface area contributed by atoms with Crippen molar-refractivity contribution in [1.29, 1.82) is 0 Å². The normalized spacial score (nSPS) is 19.9. The van der Waals surface area contributed by atoms with Gasteiger partial charge >= 0.3 is 23.3 Å². The van der Waals surface area contributed by atoms with Crippen LogP contribution in [0.5, 0.6) is 0 Å². The van der Waals surface area contributed by atoms with Crippen molar-refractivity contribution in [3.8, 4) is 0 Å². The predicted molar refractivity (Wildman–Crippen MR) is 38.8 cm³/mol. The van der Waals surface area contributed by atoms with Crippen molar-refractivity contribution in [2.75, 3.05) is 0 Å². The van der Waals surface area contributed by atoms with Crippen LogP contribution >= 0.6 is 19.7 Å². The van der Waals surface area contributed by atoms with E-state index in [0.29, 0.717) is 0 Å². The van der Waals surface area contributed by atoms with Crippen LogP contribution in [0.4, 0.5) is 55.1 Å². The monoisotopic (exact) mass is 362 g/mol. The van der Waals surface area contributed by atoms with Crippen LogP contribution in [0.3, 0.4) is 0 Å². The lowest BCUT2D eigenvalue weighted by Gasteiger charge is -2.51. The highest BCUT2D eigenvalue weighted by Gasteiger charge is 2.96. The third-order valence-electron chi connectivity index (χ3n) is 1.60. The Hall–Kier alpha value is -0.270. The van der Waals surface area contributed by atoms with Crippen molar-refractivity contribution in [3.63, 3.8) is 0 Å². The Bertz CT molecular complexity index is 371. The lowest BCUT2D eigenvalue weighted by Crippen LogP contribution is -2.63. The highest BCUT2D eigenvalue weighted by atomic mass is 35.7. The van der Waals surface area contributed by atoms with Crippen molar-refractivity contribution >= 4 is 19.7 Å². The van der Waals surface area contributed by atoms with Crippen molar-refractivity contribution in [2.24, 2.45) is 0 Å². The molecule has 0 aliphatic heterocycles. The van der Waals surface area contributed by atoms with Crippen molar-refractivity contribution in [1.82, 2.24) is 0 Å². The van der Waals surface area contributed by atoms with E-state index in [4.69, 9.17) is 0 Å². The van der Waals surface area contributed by atoms with Crippen LogP contribution in [-0.2, 0) is 0 Å². The summed E-state index contributed by atoms with van der Waals surface area (Å²) in [6, 6.07) is 0. The fraction of sp³-hybridized carbons (Fsp3) is 1.00. The maximum Gasteiger partial charge on any atom is 0.460 e. The van der Waals surface area contributed by atoms with Gasteiger partial charge in [0.05, 0.1) is 0 Å². The van der Waals surface area contributed by atoms with Crippen molar-refractivity contribution in [3.05, 3.63) is 0 Å². The molecule has 0 spiro atoms. The molecule has 0 saturated heterocycles. The molecular weight excluding hydrogens is 363 g/mol. The smallest absolute Gasteiger partial charge is 0.191 e. The number of halogens is 14. The van der Waals surface area contributed by atoms with E-state index in [1.807, 2.05) is 0 Å². The zero-order valence-electron chi connectivity index (χ0n) is 7.70. The molecule has 0 rings (SSSR count). The number of hydrogen-bond acceptors (Lipinski definition) is 0. The third-order valence-corrected chi connectivity index (χ3v) is 3.41. The summed E-state index contributed by atoms with van der Waals surface area (Å²) >= 11 is 0. The van der Waals surface area contributed by atoms with Crippen LogP contribution < -0.4 is 0 Å². The lowest BCUT2D eigenvalue weighted by atomic mass is 10.1. The molecule has 0 aromatic rings. The average Bonchev–Trinajstić information content (AvgIpc) is 1.95. The summed E-state index contributed by atoms with van der Waals surface area (Å²) in [7, 11) is -9.02. The summed E-state index contributed by atoms with van der Waals surface area (Å²) in [4.78, 5) is 0. The van der Waals surface area contributed by atoms with Crippen LogP contribution in [0.15, 0.2) is 0 Å². The van der Waals surface area contributed by atoms with E-state index in [1.54, 1.807) is 0 Å². The maximum absolute atomic E-state index is 12.2. The molecule has 0 atom stereocenters. The van der Waals surface area contributed by atoms with E-state index >= 15 is 0 Å². The van der Waals surface area contributed by atoms with Gasteiger partial charge in [-0.2, -0.15) is 39.5 Å². The Kier molecular flexibility index (Phi) is 3.26. The van der Waals surface area contributed by atoms with Gasteiger partial charge in [-0.3, -0.25) is 0 Å². The second-order valence-corrected chi connectivity index (χ2v) is 7.45. The van der Waals surface area contributed by atoms with Crippen LogP contribution in [-0.4, -0.2) is 23.3 Å². The van der Waals surface area contributed by atoms with Crippen molar-refractivity contribution < 1.29 is 55.1 Å². The van der Waals surface area contributed by atoms with Gasteiger partial charge in [0.15, 0.2) is 0 Å². The Morgan fingerprint density at radius 2 is 0.842 bits per heavy atom. The van der Waals surface area contributed by atoms with Gasteiger partial charge in [0.1, 0.15) is 0 Å². The zero-order valence-corrected chi connectivity index (χ0v) is 9.27. The second-order valence-electron chi connectivity index (χ2n) is 3.13. The first-order valence-corrected chi connectivity index (χ1v) is 6.30. The molecule has 0 nitrogen and oxygen atoms in total. The summed E-state index contributed by atoms with van der Waals surface area (Å²) in [6.07, 6.45) is -7.50. The summed E-state index contributed by atoms with van der Waals surface area (Å²) in [6.45, 7) is 0. The molecule has 0 bridgehead atoms. The fourth-order valence-electron chi connectivity index (χ4n) is 0.603. The van der Waals surface area contributed by atoms with E-state index in [1.165, 1.54) is 0 Å². The summed E-state index contributed by atoms with van der Waals surface area (Å²) < 4.78 is 155. The Labute approximate surface area is 99.0 Å². The minimum Gasteiger partial charge on any atom is -0.191 e. The first kappa shape index (κ1) is 18.7. The Morgan fingerprint density at radius 3 is 1.00 bits per heavy atom. The molecule has 0 amide bonds. The molecule has 0 aliphatic rings. The van der Waals surface area contributed by atoms with Gasteiger partial charge in [0.25, 0.3) is 9.05 Å². The van der Waals surface area contributed by atoms with Crippen LogP contribution in [0.1, 0.15) is 0 Å². The second kappa shape index (κ2) is 3.31. The Morgan fingerprint density at radius 1 is 0.579 bits per heavy atom. The average molecular weight is 363 g/mol. The third kappa shape index (κ3) is 2.52. The number of hydrogen-bond donors (Lipinski definition) is 0. The molecule has 120 valence electrons. The number of alkyl halides is 9. The molecular formula is C4ClF13S. The van der Waals surface area contributed by atoms with Crippen LogP contribution in [0.2, 0.25) is 0 Å². The largest absolute Gasteiger partial charge is 0.460 e. The van der Waals surface area contributed by atoms with E-state index in [2.05, 4.69) is 10.7 Å². The quantitative estimate of drug-likeness (QED) is 0.542. The molecule has 19 heavy (non-hydrogen) atoms. The van der Waals surface area contributed by atoms with Crippen molar-refractivity contribution in [2.45, 2.75) is 23.3 Å². The maximum atomic E-state index is 12.2. The molecule has 0 aromatic carbocycles. The molecule has 0 aromatic heterocycles. The van der Waals surface area contributed by atoms with Gasteiger partial charge in [-0.05, 0) is 0 Å². The molecule has 0 aliphatic carbocycles. The summed E-state index contributed by atoms with van der Waals surface area (Å²) in [5, 5.41) is -8.44. The van der Waals surface area contributed by atoms with Gasteiger partial charge < -0.3 is 0 Å². The summed E-state index contributed by atoms with van der Waals surface area (Å²) in [5.74, 6) is -16.1. The van der Waals surface area contributed by atoms with E-state index in [-0.39, 0.29) is 0 Å². The van der Waals surface area contributed by atoms with Gasteiger partial charge in [-0.25, -0.2) is 0 Å². The molecule has 0 radical (unpaired) electrons. The van der Waals surface area contributed by atoms with E-state index in [9.17, 15) is 55.1 Å². The summed E-state index contributed by atoms with van der Waals surface area (Å²) in [5.41, 5.74) is 0. The van der Waals surface area contributed by atoms with Gasteiger partial charge in [0, 0.05) is 10.7 Å². The standard InChI is InChI=1S/C4ClF13S/c5-19(15,16,17,18)4(13,14)2(8,9)1(6,7)3(10,11)12. The fourth-order valence-corrected chi connectivity index (χ4v) is 1.51. The van der Waals surface area contributed by atoms with Gasteiger partial charge in [0.2, 0.25) is 0 Å².